The van der Waals surface area contributed by atoms with Crippen LogP contribution in [-0.4, -0.2) is 11.0 Å². The predicted molar refractivity (Wildman–Crippen MR) is 77.6 cm³/mol. The highest BCUT2D eigenvalue weighted by molar-refractivity contribution is 5.79. The molecule has 96 valence electrons. The van der Waals surface area contributed by atoms with Crippen LogP contribution >= 0.6 is 0 Å². The molecule has 1 aromatic heterocycles. The van der Waals surface area contributed by atoms with E-state index in [1.807, 2.05) is 6.92 Å². The first kappa shape index (κ1) is 13.0. The Morgan fingerprint density at radius 1 is 1.17 bits per heavy atom. The van der Waals surface area contributed by atoms with Crippen LogP contribution in [0.4, 0.5) is 0 Å². The van der Waals surface area contributed by atoms with E-state index in [0.717, 1.165) is 24.1 Å². The van der Waals surface area contributed by atoms with Crippen molar-refractivity contribution in [2.45, 2.75) is 39.7 Å². The molecule has 1 heterocycles. The van der Waals surface area contributed by atoms with Crippen molar-refractivity contribution in [1.82, 2.24) is 4.98 Å². The Morgan fingerprint density at radius 2 is 1.94 bits per heavy atom. The molecule has 18 heavy (non-hydrogen) atoms. The maximum Gasteiger partial charge on any atom is 0.0705 e. The summed E-state index contributed by atoms with van der Waals surface area (Å²) in [5.41, 5.74) is 9.59. The van der Waals surface area contributed by atoms with Gasteiger partial charge in [0, 0.05) is 17.1 Å². The fourth-order valence-corrected chi connectivity index (χ4v) is 2.40. The van der Waals surface area contributed by atoms with Crippen LogP contribution < -0.4 is 5.73 Å². The average molecular weight is 242 g/mol. The molecular weight excluding hydrogens is 220 g/mol. The van der Waals surface area contributed by atoms with Gasteiger partial charge in [-0.1, -0.05) is 26.0 Å². The predicted octanol–water partition coefficient (Wildman–Crippen LogP) is 3.46. The Morgan fingerprint density at radius 3 is 2.67 bits per heavy atom. The van der Waals surface area contributed by atoms with Crippen LogP contribution in [0.15, 0.2) is 30.3 Å². The number of pyridine rings is 1. The van der Waals surface area contributed by atoms with Gasteiger partial charge in [-0.15, -0.1) is 0 Å². The van der Waals surface area contributed by atoms with Crippen molar-refractivity contribution in [3.8, 4) is 0 Å². The molecule has 2 nitrogen and oxygen atoms in total. The lowest BCUT2D eigenvalue weighted by Crippen LogP contribution is -2.24. The van der Waals surface area contributed by atoms with Crippen molar-refractivity contribution in [1.29, 1.82) is 0 Å². The summed E-state index contributed by atoms with van der Waals surface area (Å²) in [6.45, 7) is 6.45. The van der Waals surface area contributed by atoms with E-state index in [1.54, 1.807) is 0 Å². The van der Waals surface area contributed by atoms with Crippen LogP contribution in [-0.2, 0) is 6.42 Å². The first-order valence-electron chi connectivity index (χ1n) is 6.66. The van der Waals surface area contributed by atoms with Gasteiger partial charge in [0.25, 0.3) is 0 Å². The molecule has 0 saturated heterocycles. The standard InChI is InChI=1S/C16H22N2/c1-11(2)8-15(17)10-13-5-7-16-14(9-13)6-4-12(3)18-16/h4-7,9,11,15H,8,10,17H2,1-3H3. The average Bonchev–Trinajstić information content (AvgIpc) is 2.28. The van der Waals surface area contributed by atoms with Crippen LogP contribution in [0, 0.1) is 12.8 Å². The minimum Gasteiger partial charge on any atom is -0.327 e. The number of nitrogens with zero attached hydrogens (tertiary/aromatic N) is 1. The van der Waals surface area contributed by atoms with E-state index in [4.69, 9.17) is 5.73 Å². The molecule has 0 aliphatic rings. The first-order chi connectivity index (χ1) is 8.54. The molecule has 0 spiro atoms. The molecule has 0 saturated carbocycles. The van der Waals surface area contributed by atoms with Gasteiger partial charge in [0.2, 0.25) is 0 Å². The van der Waals surface area contributed by atoms with E-state index in [2.05, 4.69) is 49.2 Å². The third-order valence-corrected chi connectivity index (χ3v) is 3.16. The van der Waals surface area contributed by atoms with E-state index >= 15 is 0 Å². The fourth-order valence-electron chi connectivity index (χ4n) is 2.40. The Kier molecular flexibility index (Phi) is 3.97. The van der Waals surface area contributed by atoms with Gasteiger partial charge in [-0.2, -0.15) is 0 Å². The molecule has 2 rings (SSSR count). The van der Waals surface area contributed by atoms with Gasteiger partial charge in [0.1, 0.15) is 0 Å². The van der Waals surface area contributed by atoms with Crippen molar-refractivity contribution in [2.75, 3.05) is 0 Å². The normalized spacial score (nSPS) is 13.2. The van der Waals surface area contributed by atoms with Gasteiger partial charge >= 0.3 is 0 Å². The van der Waals surface area contributed by atoms with Crippen LogP contribution in [0.3, 0.4) is 0 Å². The lowest BCUT2D eigenvalue weighted by Gasteiger charge is -2.14. The van der Waals surface area contributed by atoms with Crippen molar-refractivity contribution in [3.05, 3.63) is 41.6 Å². The van der Waals surface area contributed by atoms with Crippen LogP contribution in [0.1, 0.15) is 31.5 Å². The summed E-state index contributed by atoms with van der Waals surface area (Å²) in [6, 6.07) is 10.9. The molecule has 2 N–H and O–H groups in total. The number of aryl methyl sites for hydroxylation is 1. The van der Waals surface area contributed by atoms with Crippen LogP contribution in [0.2, 0.25) is 0 Å². The molecule has 0 aliphatic heterocycles. The first-order valence-corrected chi connectivity index (χ1v) is 6.66. The molecule has 0 radical (unpaired) electrons. The van der Waals surface area contributed by atoms with E-state index in [9.17, 15) is 0 Å². The summed E-state index contributed by atoms with van der Waals surface area (Å²) in [6.07, 6.45) is 2.02. The van der Waals surface area contributed by atoms with Gasteiger partial charge in [0.05, 0.1) is 5.52 Å². The second-order valence-corrected chi connectivity index (χ2v) is 5.57. The van der Waals surface area contributed by atoms with Gasteiger partial charge in [-0.25, -0.2) is 0 Å². The molecule has 0 fully saturated rings. The Balaban J connectivity index is 2.17. The maximum absolute atomic E-state index is 6.16. The number of benzene rings is 1. The smallest absolute Gasteiger partial charge is 0.0705 e. The lowest BCUT2D eigenvalue weighted by atomic mass is 9.97. The zero-order valence-electron chi connectivity index (χ0n) is 11.5. The molecule has 0 amide bonds. The molecule has 2 aromatic rings. The number of aromatic nitrogens is 1. The minimum atomic E-state index is 0.251. The van der Waals surface area contributed by atoms with Crippen LogP contribution in [0.5, 0.6) is 0 Å². The molecule has 1 unspecified atom stereocenters. The van der Waals surface area contributed by atoms with Crippen LogP contribution in [0.25, 0.3) is 10.9 Å². The molecular formula is C16H22N2. The largest absolute Gasteiger partial charge is 0.327 e. The minimum absolute atomic E-state index is 0.251. The third kappa shape index (κ3) is 3.30. The molecule has 1 atom stereocenters. The van der Waals surface area contributed by atoms with Gasteiger partial charge in [-0.05, 0) is 49.4 Å². The van der Waals surface area contributed by atoms with Gasteiger partial charge in [0.15, 0.2) is 0 Å². The number of fused-ring (bicyclic) bond motifs is 1. The highest BCUT2D eigenvalue weighted by atomic mass is 14.7. The van der Waals surface area contributed by atoms with Gasteiger partial charge < -0.3 is 5.73 Å². The number of nitrogens with two attached hydrogens (primary N) is 1. The van der Waals surface area contributed by atoms with Crippen molar-refractivity contribution in [3.63, 3.8) is 0 Å². The quantitative estimate of drug-likeness (QED) is 0.891. The third-order valence-electron chi connectivity index (χ3n) is 3.16. The van der Waals surface area contributed by atoms with E-state index in [0.29, 0.717) is 5.92 Å². The zero-order valence-corrected chi connectivity index (χ0v) is 11.5. The zero-order chi connectivity index (χ0) is 13.1. The van der Waals surface area contributed by atoms with E-state index in [-0.39, 0.29) is 6.04 Å². The summed E-state index contributed by atoms with van der Waals surface area (Å²) < 4.78 is 0. The summed E-state index contributed by atoms with van der Waals surface area (Å²) in [5.74, 6) is 0.657. The monoisotopic (exact) mass is 242 g/mol. The van der Waals surface area contributed by atoms with E-state index < -0.39 is 0 Å². The lowest BCUT2D eigenvalue weighted by molar-refractivity contribution is 0.493. The SMILES string of the molecule is Cc1ccc2cc(CC(N)CC(C)C)ccc2n1. The summed E-state index contributed by atoms with van der Waals surface area (Å²) >= 11 is 0. The summed E-state index contributed by atoms with van der Waals surface area (Å²) in [5, 5.41) is 1.20. The Hall–Kier alpha value is -1.41. The summed E-state index contributed by atoms with van der Waals surface area (Å²) in [7, 11) is 0. The number of hydrogen-bond donors (Lipinski definition) is 1. The maximum atomic E-state index is 6.16. The molecule has 0 aliphatic carbocycles. The summed E-state index contributed by atoms with van der Waals surface area (Å²) in [4.78, 5) is 4.51. The van der Waals surface area contributed by atoms with E-state index in [1.165, 1.54) is 10.9 Å². The fraction of sp³-hybridized carbons (Fsp3) is 0.438. The molecule has 2 heteroatoms. The molecule has 1 aromatic carbocycles. The van der Waals surface area contributed by atoms with Crippen molar-refractivity contribution >= 4 is 10.9 Å². The topological polar surface area (TPSA) is 38.9 Å². The Labute approximate surface area is 109 Å². The number of hydrogen-bond acceptors (Lipinski definition) is 2. The Bertz CT molecular complexity index is 532. The highest BCUT2D eigenvalue weighted by Crippen LogP contribution is 2.17. The van der Waals surface area contributed by atoms with Crippen molar-refractivity contribution < 1.29 is 0 Å². The molecule has 0 bridgehead atoms. The highest BCUT2D eigenvalue weighted by Gasteiger charge is 2.07. The number of rotatable bonds is 4. The second kappa shape index (κ2) is 5.49. The van der Waals surface area contributed by atoms with Gasteiger partial charge in [-0.3, -0.25) is 4.98 Å². The van der Waals surface area contributed by atoms with Crippen molar-refractivity contribution in [2.24, 2.45) is 11.7 Å². The second-order valence-electron chi connectivity index (χ2n) is 5.57.